The Morgan fingerprint density at radius 3 is 2.32 bits per heavy atom. The average Bonchev–Trinajstić information content (AvgIpc) is 2.53. The van der Waals surface area contributed by atoms with Gasteiger partial charge in [0, 0.05) is 11.6 Å². The highest BCUT2D eigenvalue weighted by Gasteiger charge is 2.30. The molecule has 1 aromatic carbocycles. The molecule has 1 aromatic rings. The van der Waals surface area contributed by atoms with Crippen molar-refractivity contribution in [1.29, 1.82) is 0 Å². The molecule has 0 saturated carbocycles. The summed E-state index contributed by atoms with van der Waals surface area (Å²) in [6.45, 7) is 1.77. The highest BCUT2D eigenvalue weighted by atomic mass is 19.4. The number of hydrogen-bond acceptors (Lipinski definition) is 4. The van der Waals surface area contributed by atoms with Crippen LogP contribution in [0.15, 0.2) is 36.4 Å². The maximum Gasteiger partial charge on any atom is 0.416 e. The van der Waals surface area contributed by atoms with Gasteiger partial charge in [0.25, 0.3) is 5.91 Å². The minimum Gasteiger partial charge on any atom is -0.480 e. The summed E-state index contributed by atoms with van der Waals surface area (Å²) >= 11 is 0. The van der Waals surface area contributed by atoms with E-state index in [1.807, 2.05) is 0 Å². The molecule has 0 unspecified atom stereocenters. The van der Waals surface area contributed by atoms with E-state index < -0.39 is 35.6 Å². The number of carboxylic acid groups (broad SMARTS) is 1. The number of ether oxygens (including phenoxy) is 1. The molecule has 2 N–H and O–H groups in total. The smallest absolute Gasteiger partial charge is 0.416 e. The summed E-state index contributed by atoms with van der Waals surface area (Å²) in [5.74, 6) is -2.85. The van der Waals surface area contributed by atoms with E-state index in [0.29, 0.717) is 0 Å². The predicted octanol–water partition coefficient (Wildman–Crippen LogP) is 2.40. The summed E-state index contributed by atoms with van der Waals surface area (Å²) in [5, 5.41) is 11.2. The topological polar surface area (TPSA) is 92.7 Å². The highest BCUT2D eigenvalue weighted by molar-refractivity contribution is 5.96. The van der Waals surface area contributed by atoms with Crippen molar-refractivity contribution in [3.05, 3.63) is 47.5 Å². The first kappa shape index (κ1) is 20.2. The summed E-state index contributed by atoms with van der Waals surface area (Å²) in [4.78, 5) is 34.2. The Morgan fingerprint density at radius 1 is 1.24 bits per heavy atom. The number of halogens is 3. The Labute approximate surface area is 141 Å². The summed E-state index contributed by atoms with van der Waals surface area (Å²) in [6, 6.07) is 2.01. The van der Waals surface area contributed by atoms with Gasteiger partial charge in [-0.05, 0) is 37.6 Å². The third-order valence-electron chi connectivity index (χ3n) is 2.99. The van der Waals surface area contributed by atoms with Crippen LogP contribution in [0.25, 0.3) is 0 Å². The van der Waals surface area contributed by atoms with Crippen molar-refractivity contribution in [2.24, 2.45) is 0 Å². The quantitative estimate of drug-likeness (QED) is 0.576. The van der Waals surface area contributed by atoms with E-state index in [-0.39, 0.29) is 18.6 Å². The molecule has 0 saturated heterocycles. The van der Waals surface area contributed by atoms with Crippen LogP contribution >= 0.6 is 0 Å². The van der Waals surface area contributed by atoms with Gasteiger partial charge in [-0.3, -0.25) is 4.79 Å². The second-order valence-electron chi connectivity index (χ2n) is 4.83. The number of rotatable bonds is 7. The number of aliphatic carboxylic acids is 1. The van der Waals surface area contributed by atoms with Gasteiger partial charge in [-0.1, -0.05) is 6.08 Å². The Kier molecular flexibility index (Phi) is 7.16. The third-order valence-corrected chi connectivity index (χ3v) is 2.99. The molecule has 0 aromatic heterocycles. The molecule has 0 bridgehead atoms. The van der Waals surface area contributed by atoms with E-state index in [2.05, 4.69) is 10.1 Å². The van der Waals surface area contributed by atoms with Crippen molar-refractivity contribution in [2.45, 2.75) is 25.6 Å². The molecule has 0 fully saturated rings. The lowest BCUT2D eigenvalue weighted by atomic mass is 10.1. The van der Waals surface area contributed by atoms with Crippen molar-refractivity contribution in [3.63, 3.8) is 0 Å². The molecular formula is C16H16F3NO5. The minimum atomic E-state index is -4.53. The zero-order valence-corrected chi connectivity index (χ0v) is 13.2. The fourth-order valence-corrected chi connectivity index (χ4v) is 1.76. The number of carbonyl (C=O) groups is 3. The molecular weight excluding hydrogens is 343 g/mol. The zero-order valence-electron chi connectivity index (χ0n) is 13.2. The molecule has 9 heteroatoms. The first-order valence-electron chi connectivity index (χ1n) is 7.19. The van der Waals surface area contributed by atoms with Crippen LogP contribution in [-0.2, 0) is 20.5 Å². The van der Waals surface area contributed by atoms with Gasteiger partial charge in [-0.2, -0.15) is 13.2 Å². The predicted molar refractivity (Wildman–Crippen MR) is 80.7 cm³/mol. The van der Waals surface area contributed by atoms with Gasteiger partial charge >= 0.3 is 18.1 Å². The SMILES string of the molecule is CCOC(=O)/C=C/C[C@H](NC(=O)c1ccc(C(F)(F)F)cc1)C(=O)O. The second-order valence-corrected chi connectivity index (χ2v) is 4.83. The maximum absolute atomic E-state index is 12.5. The normalized spacial score (nSPS) is 12.6. The van der Waals surface area contributed by atoms with Crippen LogP contribution in [0.3, 0.4) is 0 Å². The van der Waals surface area contributed by atoms with Gasteiger partial charge in [-0.25, -0.2) is 9.59 Å². The van der Waals surface area contributed by atoms with E-state index in [1.165, 1.54) is 6.08 Å². The average molecular weight is 359 g/mol. The van der Waals surface area contributed by atoms with E-state index in [1.54, 1.807) is 6.92 Å². The summed E-state index contributed by atoms with van der Waals surface area (Å²) in [5.41, 5.74) is -1.04. The first-order valence-corrected chi connectivity index (χ1v) is 7.19. The number of carboxylic acids is 1. The second kappa shape index (κ2) is 8.86. The van der Waals surface area contributed by atoms with Gasteiger partial charge in [0.1, 0.15) is 6.04 Å². The van der Waals surface area contributed by atoms with Crippen molar-refractivity contribution >= 4 is 17.8 Å². The standard InChI is InChI=1S/C16H16F3NO5/c1-2-25-13(21)5-3-4-12(15(23)24)20-14(22)10-6-8-11(9-7-10)16(17,18)19/h3,5-9,12H,2,4H2,1H3,(H,20,22)(H,23,24)/b5-3+/t12-/m0/s1. The number of hydrogen-bond donors (Lipinski definition) is 2. The van der Waals surface area contributed by atoms with Gasteiger partial charge in [0.05, 0.1) is 12.2 Å². The number of alkyl halides is 3. The van der Waals surface area contributed by atoms with E-state index in [0.717, 1.165) is 30.3 Å². The van der Waals surface area contributed by atoms with E-state index >= 15 is 0 Å². The molecule has 0 aliphatic carbocycles. The lowest BCUT2D eigenvalue weighted by molar-refractivity contribution is -0.139. The van der Waals surface area contributed by atoms with Crippen LogP contribution in [0.4, 0.5) is 13.2 Å². The van der Waals surface area contributed by atoms with E-state index in [9.17, 15) is 27.6 Å². The van der Waals surface area contributed by atoms with Crippen molar-refractivity contribution in [2.75, 3.05) is 6.61 Å². The molecule has 6 nitrogen and oxygen atoms in total. The molecule has 0 radical (unpaired) electrons. The number of nitrogens with one attached hydrogen (secondary N) is 1. The first-order chi connectivity index (χ1) is 11.6. The van der Waals surface area contributed by atoms with Crippen molar-refractivity contribution < 1.29 is 37.4 Å². The van der Waals surface area contributed by atoms with Gasteiger partial charge in [0.2, 0.25) is 0 Å². The van der Waals surface area contributed by atoms with E-state index in [4.69, 9.17) is 5.11 Å². The molecule has 136 valence electrons. The van der Waals surface area contributed by atoms with Crippen LogP contribution < -0.4 is 5.32 Å². The monoisotopic (exact) mass is 359 g/mol. The lowest BCUT2D eigenvalue weighted by Gasteiger charge is -2.13. The largest absolute Gasteiger partial charge is 0.480 e. The van der Waals surface area contributed by atoms with Gasteiger partial charge in [0.15, 0.2) is 0 Å². The Bertz CT molecular complexity index is 653. The Morgan fingerprint density at radius 2 is 1.84 bits per heavy atom. The van der Waals surface area contributed by atoms with Crippen molar-refractivity contribution in [1.82, 2.24) is 5.32 Å². The molecule has 1 amide bonds. The molecule has 1 atom stereocenters. The fourth-order valence-electron chi connectivity index (χ4n) is 1.76. The van der Waals surface area contributed by atoms with Gasteiger partial charge < -0.3 is 15.2 Å². The van der Waals surface area contributed by atoms with Crippen LogP contribution in [0.5, 0.6) is 0 Å². The molecule has 25 heavy (non-hydrogen) atoms. The van der Waals surface area contributed by atoms with Crippen molar-refractivity contribution in [3.8, 4) is 0 Å². The molecule has 0 heterocycles. The molecule has 0 spiro atoms. The van der Waals surface area contributed by atoms with Gasteiger partial charge in [-0.15, -0.1) is 0 Å². The Hall–Kier alpha value is -2.84. The van der Waals surface area contributed by atoms with Crippen LogP contribution in [0, 0.1) is 0 Å². The van der Waals surface area contributed by atoms with Crippen LogP contribution in [-0.4, -0.2) is 35.6 Å². The fraction of sp³-hybridized carbons (Fsp3) is 0.312. The van der Waals surface area contributed by atoms with Crippen LogP contribution in [0.1, 0.15) is 29.3 Å². The number of benzene rings is 1. The molecule has 0 aliphatic rings. The third kappa shape index (κ3) is 6.66. The summed E-state index contributed by atoms with van der Waals surface area (Å²) in [6.07, 6.45) is -2.47. The highest BCUT2D eigenvalue weighted by Crippen LogP contribution is 2.29. The number of esters is 1. The molecule has 0 aliphatic heterocycles. The Balaban J connectivity index is 2.73. The summed E-state index contributed by atoms with van der Waals surface area (Å²) in [7, 11) is 0. The zero-order chi connectivity index (χ0) is 19.0. The molecule has 1 rings (SSSR count). The summed E-state index contributed by atoms with van der Waals surface area (Å²) < 4.78 is 42.0. The number of amides is 1. The maximum atomic E-state index is 12.5. The van der Waals surface area contributed by atoms with Crippen LogP contribution in [0.2, 0.25) is 0 Å². The number of carbonyl (C=O) groups excluding carboxylic acids is 2. The minimum absolute atomic E-state index is 0.117. The lowest BCUT2D eigenvalue weighted by Crippen LogP contribution is -2.40.